The number of alkyl halides is 1. The maximum absolute atomic E-state index is 12.7. The van der Waals surface area contributed by atoms with Gasteiger partial charge in [-0.25, -0.2) is 0 Å². The van der Waals surface area contributed by atoms with Crippen LogP contribution in [0.5, 0.6) is 5.75 Å². The number of para-hydroxylation sites is 1. The van der Waals surface area contributed by atoms with E-state index >= 15 is 0 Å². The number of benzene rings is 2. The Morgan fingerprint density at radius 3 is 2.31 bits per heavy atom. The Labute approximate surface area is 296 Å². The van der Waals surface area contributed by atoms with Crippen molar-refractivity contribution < 1.29 is 14.3 Å². The van der Waals surface area contributed by atoms with Crippen molar-refractivity contribution in [3.8, 4) is 5.75 Å². The summed E-state index contributed by atoms with van der Waals surface area (Å²) in [4.78, 5) is 29.5. The molecule has 2 saturated heterocycles. The molecule has 11 nitrogen and oxygen atoms in total. The summed E-state index contributed by atoms with van der Waals surface area (Å²) in [6, 6.07) is 11.6. The Morgan fingerprint density at radius 2 is 1.69 bits per heavy atom. The van der Waals surface area contributed by atoms with Gasteiger partial charge in [0.25, 0.3) is 5.91 Å². The quantitative estimate of drug-likeness (QED) is 0.138. The predicted octanol–water partition coefficient (Wildman–Crippen LogP) is 5.65. The number of nitrogens with one attached hydrogen (secondary N) is 5. The molecule has 4 unspecified atom stereocenters. The van der Waals surface area contributed by atoms with Crippen molar-refractivity contribution in [2.75, 3.05) is 55.1 Å². The summed E-state index contributed by atoms with van der Waals surface area (Å²) in [5.41, 5.74) is 8.67. The zero-order chi connectivity index (χ0) is 35.0. The minimum Gasteiger partial charge on any atom is -0.495 e. The highest BCUT2D eigenvalue weighted by molar-refractivity contribution is 6.22. The van der Waals surface area contributed by atoms with E-state index in [1.165, 1.54) is 31.8 Å². The summed E-state index contributed by atoms with van der Waals surface area (Å²) >= 11 is 7.49. The molecule has 1 saturated carbocycles. The van der Waals surface area contributed by atoms with Crippen LogP contribution in [0.1, 0.15) is 81.0 Å². The number of hydrogen-bond donors (Lipinski definition) is 6. The van der Waals surface area contributed by atoms with Crippen LogP contribution in [0.2, 0.25) is 0 Å². The highest BCUT2D eigenvalue weighted by Crippen LogP contribution is 2.41. The van der Waals surface area contributed by atoms with Gasteiger partial charge in [0.1, 0.15) is 12.0 Å². The Hall–Kier alpha value is -3.51. The van der Waals surface area contributed by atoms with Gasteiger partial charge >= 0.3 is 0 Å². The van der Waals surface area contributed by atoms with E-state index in [9.17, 15) is 9.59 Å². The Bertz CT molecular complexity index is 1440. The van der Waals surface area contributed by atoms with Gasteiger partial charge in [-0.05, 0) is 57.6 Å². The first-order chi connectivity index (χ1) is 23.6. The van der Waals surface area contributed by atoms with E-state index < -0.39 is 23.9 Å². The Balaban J connectivity index is 1.50. The van der Waals surface area contributed by atoms with Gasteiger partial charge in [0.2, 0.25) is 5.91 Å². The van der Waals surface area contributed by atoms with E-state index in [-0.39, 0.29) is 11.3 Å². The van der Waals surface area contributed by atoms with Gasteiger partial charge < -0.3 is 36.2 Å². The van der Waals surface area contributed by atoms with Crippen molar-refractivity contribution in [1.29, 1.82) is 0 Å². The normalized spacial score (nSPS) is 24.6. The molecule has 2 aromatic rings. The van der Waals surface area contributed by atoms with Crippen molar-refractivity contribution >= 4 is 46.2 Å². The van der Waals surface area contributed by atoms with E-state index in [1.807, 2.05) is 24.3 Å². The first kappa shape index (κ1) is 36.8. The van der Waals surface area contributed by atoms with Crippen LogP contribution in [-0.4, -0.2) is 80.4 Å². The number of carbonyl (C=O) groups is 2. The number of likely N-dealkylation sites (N-methyl/N-ethyl adjacent to an activating group) is 1. The summed E-state index contributed by atoms with van der Waals surface area (Å²) in [6.07, 6.45) is 12.7. The number of anilines is 4. The molecule has 2 amide bonds. The van der Waals surface area contributed by atoms with E-state index in [4.69, 9.17) is 22.1 Å². The number of primary amides is 1. The van der Waals surface area contributed by atoms with Crippen LogP contribution < -0.4 is 42.0 Å². The van der Waals surface area contributed by atoms with Gasteiger partial charge in [0.15, 0.2) is 0 Å². The first-order valence-electron chi connectivity index (χ1n) is 17.8. The van der Waals surface area contributed by atoms with Crippen molar-refractivity contribution in [2.24, 2.45) is 5.73 Å². The minimum atomic E-state index is -0.503. The lowest BCUT2D eigenvalue weighted by molar-refractivity contribution is -0.111. The number of carbonyl (C=O) groups excluding carboxylic acids is 2. The van der Waals surface area contributed by atoms with Crippen LogP contribution >= 0.6 is 11.6 Å². The molecule has 268 valence electrons. The van der Waals surface area contributed by atoms with Crippen LogP contribution in [0, 0.1) is 0 Å². The average Bonchev–Trinajstić information content (AvgIpc) is 3.57. The molecule has 12 heteroatoms. The molecule has 4 atom stereocenters. The zero-order valence-electron chi connectivity index (χ0n) is 29.3. The summed E-state index contributed by atoms with van der Waals surface area (Å²) < 4.78 is 5.97. The monoisotopic (exact) mass is 694 g/mol. The molecular weight excluding hydrogens is 640 g/mol. The van der Waals surface area contributed by atoms with Gasteiger partial charge in [0.05, 0.1) is 41.3 Å². The number of nitrogens with zero attached hydrogens (tertiary/aromatic N) is 2. The predicted molar refractivity (Wildman–Crippen MR) is 201 cm³/mol. The number of ether oxygens (including phenoxy) is 1. The fourth-order valence-electron chi connectivity index (χ4n) is 7.60. The molecule has 2 heterocycles. The fourth-order valence-corrected chi connectivity index (χ4v) is 8.01. The smallest absolute Gasteiger partial charge is 0.250 e. The standard InChI is InChI=1S/C37H55ClN8O3/c1-5-32(47)40-28-22-29(31(49-4)23-30(28)46-21-18-25(24-46)45(2)3)42-36-43-35(41-27-17-13-12-16-26(27)34(39)48)33(38)37(44-36)19-14-10-8-6-7-9-11-15-20-37/h5,12-13,16-17,22-23,25,33,35-36,41-44H,1,6-11,14-15,18-21,24H2,2-4H3,(H2,39,48)(H,40,47). The van der Waals surface area contributed by atoms with Crippen molar-refractivity contribution in [3.63, 3.8) is 0 Å². The second-order valence-electron chi connectivity index (χ2n) is 13.9. The third kappa shape index (κ3) is 9.00. The SMILES string of the molecule is C=CC(=O)Nc1cc(NC2NC(Nc3ccccc3C(N)=O)C(Cl)C3(CCCCCCCCCC3)N2)c(OC)cc1N1CCC(N(C)C)C1. The molecule has 7 N–H and O–H groups in total. The number of amides is 2. The van der Waals surface area contributed by atoms with Crippen molar-refractivity contribution in [3.05, 3.63) is 54.6 Å². The number of methoxy groups -OCH3 is 1. The van der Waals surface area contributed by atoms with Gasteiger partial charge in [0, 0.05) is 36.4 Å². The summed E-state index contributed by atoms with van der Waals surface area (Å²) in [7, 11) is 5.85. The molecule has 0 aromatic heterocycles. The summed E-state index contributed by atoms with van der Waals surface area (Å²) in [5.74, 6) is -0.138. The second-order valence-corrected chi connectivity index (χ2v) is 14.4. The first-order valence-corrected chi connectivity index (χ1v) is 18.2. The van der Waals surface area contributed by atoms with Gasteiger partial charge in [-0.2, -0.15) is 0 Å². The molecule has 2 aromatic carbocycles. The largest absolute Gasteiger partial charge is 0.495 e. The molecule has 0 radical (unpaired) electrons. The lowest BCUT2D eigenvalue weighted by atomic mass is 9.80. The third-order valence-corrected chi connectivity index (χ3v) is 11.1. The van der Waals surface area contributed by atoms with E-state index in [0.29, 0.717) is 34.4 Å². The van der Waals surface area contributed by atoms with Crippen molar-refractivity contribution in [1.82, 2.24) is 15.5 Å². The molecule has 1 aliphatic carbocycles. The lowest BCUT2D eigenvalue weighted by Gasteiger charge is -2.51. The highest BCUT2D eigenvalue weighted by Gasteiger charge is 2.47. The Morgan fingerprint density at radius 1 is 1.02 bits per heavy atom. The number of rotatable bonds is 10. The van der Waals surface area contributed by atoms with Crippen LogP contribution in [0.3, 0.4) is 0 Å². The molecule has 2 aliphatic heterocycles. The van der Waals surface area contributed by atoms with E-state index in [2.05, 4.69) is 57.1 Å². The topological polar surface area (TPSA) is 136 Å². The molecule has 1 spiro atoms. The van der Waals surface area contributed by atoms with Gasteiger partial charge in [-0.3, -0.25) is 20.2 Å². The highest BCUT2D eigenvalue weighted by atomic mass is 35.5. The minimum absolute atomic E-state index is 0.284. The zero-order valence-corrected chi connectivity index (χ0v) is 30.1. The average molecular weight is 695 g/mol. The summed E-state index contributed by atoms with van der Waals surface area (Å²) in [5, 5.41) is 17.4. The van der Waals surface area contributed by atoms with Gasteiger partial charge in [-0.15, -0.1) is 11.6 Å². The van der Waals surface area contributed by atoms with E-state index in [0.717, 1.165) is 63.7 Å². The molecule has 49 heavy (non-hydrogen) atoms. The second kappa shape index (κ2) is 16.9. The maximum Gasteiger partial charge on any atom is 0.250 e. The molecule has 3 fully saturated rings. The Kier molecular flexibility index (Phi) is 12.7. The van der Waals surface area contributed by atoms with Crippen LogP contribution in [0.15, 0.2) is 49.1 Å². The molecular formula is C37H55ClN8O3. The van der Waals surface area contributed by atoms with Crippen molar-refractivity contribution in [2.45, 2.75) is 100 Å². The lowest BCUT2D eigenvalue weighted by Crippen LogP contribution is -2.74. The number of halogens is 1. The maximum atomic E-state index is 12.7. The van der Waals surface area contributed by atoms with Gasteiger partial charge in [-0.1, -0.05) is 70.1 Å². The third-order valence-electron chi connectivity index (χ3n) is 10.4. The summed E-state index contributed by atoms with van der Waals surface area (Å²) in [6.45, 7) is 5.38. The molecule has 0 bridgehead atoms. The van der Waals surface area contributed by atoms with E-state index in [1.54, 1.807) is 19.2 Å². The van der Waals surface area contributed by atoms with Crippen LogP contribution in [0.25, 0.3) is 0 Å². The molecule has 5 rings (SSSR count). The number of hydrogen-bond acceptors (Lipinski definition) is 9. The number of nitrogens with two attached hydrogens (primary N) is 1. The van der Waals surface area contributed by atoms with Crippen LogP contribution in [-0.2, 0) is 4.79 Å². The molecule has 3 aliphatic rings. The van der Waals surface area contributed by atoms with Crippen LogP contribution in [0.4, 0.5) is 22.7 Å². The fraction of sp³-hybridized carbons (Fsp3) is 0.568.